The number of benzene rings is 5. The van der Waals surface area contributed by atoms with E-state index in [0.29, 0.717) is 0 Å². The highest BCUT2D eigenvalue weighted by molar-refractivity contribution is 6.27. The molecule has 33 heavy (non-hydrogen) atoms. The van der Waals surface area contributed by atoms with Crippen LogP contribution in [-0.2, 0) is 5.41 Å². The fraction of sp³-hybridized carbons (Fsp3) is 0.125. The molecule has 7 aromatic rings. The first kappa shape index (κ1) is 17.7. The van der Waals surface area contributed by atoms with Crippen molar-refractivity contribution in [1.29, 1.82) is 0 Å². The standard InChI is InChI=1S/C32H23N/c1-18-16-25-28(21-12-5-4-10-19(18)21)24-17-23-20-11-6-8-14-26(20)33-27-15-9-7-13-22(27)29(31(23)33)30(24)32(25,2)3/h4-17H,1-3H3. The maximum absolute atomic E-state index is 2.50. The lowest BCUT2D eigenvalue weighted by molar-refractivity contribution is 0.666. The first-order valence-corrected chi connectivity index (χ1v) is 11.8. The van der Waals surface area contributed by atoms with Crippen molar-refractivity contribution in [3.8, 4) is 11.1 Å². The van der Waals surface area contributed by atoms with Crippen LogP contribution in [0.3, 0.4) is 0 Å². The summed E-state index contributed by atoms with van der Waals surface area (Å²) in [5, 5.41) is 8.23. The van der Waals surface area contributed by atoms with Gasteiger partial charge in [0.2, 0.25) is 0 Å². The Morgan fingerprint density at radius 3 is 2.00 bits per heavy atom. The van der Waals surface area contributed by atoms with Crippen LogP contribution in [0.2, 0.25) is 0 Å². The van der Waals surface area contributed by atoms with Crippen LogP contribution in [0, 0.1) is 6.92 Å². The molecule has 1 aliphatic carbocycles. The summed E-state index contributed by atoms with van der Waals surface area (Å²) in [6.07, 6.45) is 0. The fourth-order valence-corrected chi connectivity index (χ4v) is 6.84. The number of aromatic nitrogens is 1. The summed E-state index contributed by atoms with van der Waals surface area (Å²) in [7, 11) is 0. The highest BCUT2D eigenvalue weighted by Crippen LogP contribution is 2.57. The predicted octanol–water partition coefficient (Wildman–Crippen LogP) is 8.60. The lowest BCUT2D eigenvalue weighted by Crippen LogP contribution is -2.15. The zero-order chi connectivity index (χ0) is 22.1. The Hall–Kier alpha value is -3.84. The second kappa shape index (κ2) is 5.55. The van der Waals surface area contributed by atoms with Gasteiger partial charge in [-0.2, -0.15) is 0 Å². The third-order valence-corrected chi connectivity index (χ3v) is 8.19. The normalized spacial score (nSPS) is 14.8. The molecule has 0 unspecified atom stereocenters. The Labute approximate surface area is 192 Å². The van der Waals surface area contributed by atoms with Gasteiger partial charge in [-0.15, -0.1) is 0 Å². The average molecular weight is 422 g/mol. The van der Waals surface area contributed by atoms with Crippen molar-refractivity contribution in [3.63, 3.8) is 0 Å². The number of rotatable bonds is 0. The molecule has 5 aromatic carbocycles. The lowest BCUT2D eigenvalue weighted by atomic mass is 9.79. The van der Waals surface area contributed by atoms with Crippen LogP contribution >= 0.6 is 0 Å². The maximum atomic E-state index is 2.50. The summed E-state index contributed by atoms with van der Waals surface area (Å²) in [4.78, 5) is 0. The molecule has 156 valence electrons. The Balaban J connectivity index is 1.72. The van der Waals surface area contributed by atoms with E-state index in [1.807, 2.05) is 0 Å². The van der Waals surface area contributed by atoms with E-state index in [0.717, 1.165) is 0 Å². The molecule has 2 heterocycles. The SMILES string of the molecule is Cc1cc2c(c3ccccc13)-c1cc3c4ccccc4n4c5ccccc5c(c1C2(C)C)c34. The van der Waals surface area contributed by atoms with E-state index in [1.54, 1.807) is 0 Å². The average Bonchev–Trinajstić information content (AvgIpc) is 3.42. The molecule has 0 atom stereocenters. The Kier molecular flexibility index (Phi) is 2.98. The first-order valence-electron chi connectivity index (χ1n) is 11.8. The molecule has 0 radical (unpaired) electrons. The van der Waals surface area contributed by atoms with Gasteiger partial charge in [0.05, 0.1) is 16.6 Å². The van der Waals surface area contributed by atoms with Crippen molar-refractivity contribution >= 4 is 48.9 Å². The lowest BCUT2D eigenvalue weighted by Gasteiger charge is -2.23. The van der Waals surface area contributed by atoms with Gasteiger partial charge in [0, 0.05) is 27.0 Å². The van der Waals surface area contributed by atoms with Crippen molar-refractivity contribution in [2.45, 2.75) is 26.2 Å². The predicted molar refractivity (Wildman–Crippen MR) is 141 cm³/mol. The van der Waals surface area contributed by atoms with Crippen molar-refractivity contribution in [1.82, 2.24) is 4.40 Å². The molecule has 0 amide bonds. The van der Waals surface area contributed by atoms with E-state index in [2.05, 4.69) is 110 Å². The van der Waals surface area contributed by atoms with Crippen molar-refractivity contribution in [3.05, 3.63) is 102 Å². The van der Waals surface area contributed by atoms with E-state index >= 15 is 0 Å². The summed E-state index contributed by atoms with van der Waals surface area (Å²) in [5.74, 6) is 0. The van der Waals surface area contributed by atoms with Gasteiger partial charge in [0.1, 0.15) is 0 Å². The van der Waals surface area contributed by atoms with Crippen LogP contribution in [0.1, 0.15) is 30.5 Å². The minimum Gasteiger partial charge on any atom is -0.308 e. The zero-order valence-electron chi connectivity index (χ0n) is 19.0. The monoisotopic (exact) mass is 421 g/mol. The molecule has 0 saturated heterocycles. The van der Waals surface area contributed by atoms with Crippen LogP contribution in [0.5, 0.6) is 0 Å². The van der Waals surface area contributed by atoms with Crippen LogP contribution in [0.4, 0.5) is 0 Å². The van der Waals surface area contributed by atoms with Crippen LogP contribution < -0.4 is 0 Å². The quantitative estimate of drug-likeness (QED) is 0.231. The molecular weight excluding hydrogens is 398 g/mol. The number of aryl methyl sites for hydroxylation is 1. The molecule has 2 aromatic heterocycles. The van der Waals surface area contributed by atoms with E-state index in [9.17, 15) is 0 Å². The minimum absolute atomic E-state index is 0.0677. The zero-order valence-corrected chi connectivity index (χ0v) is 19.0. The Bertz CT molecular complexity index is 1950. The Morgan fingerprint density at radius 2 is 1.24 bits per heavy atom. The molecule has 0 spiro atoms. The molecule has 0 bridgehead atoms. The van der Waals surface area contributed by atoms with Crippen molar-refractivity contribution in [2.24, 2.45) is 0 Å². The topological polar surface area (TPSA) is 4.41 Å². The second-order valence-corrected chi connectivity index (χ2v) is 10.2. The van der Waals surface area contributed by atoms with E-state index in [4.69, 9.17) is 0 Å². The molecular formula is C32H23N. The summed E-state index contributed by atoms with van der Waals surface area (Å²) in [6.45, 7) is 7.10. The molecule has 0 N–H and O–H groups in total. The summed E-state index contributed by atoms with van der Waals surface area (Å²) in [5.41, 5.74) is 11.0. The van der Waals surface area contributed by atoms with Gasteiger partial charge < -0.3 is 4.40 Å². The largest absolute Gasteiger partial charge is 0.308 e. The molecule has 1 heteroatoms. The molecule has 8 rings (SSSR count). The van der Waals surface area contributed by atoms with Crippen LogP contribution in [0.25, 0.3) is 60.0 Å². The van der Waals surface area contributed by atoms with Gasteiger partial charge in [-0.05, 0) is 63.7 Å². The second-order valence-electron chi connectivity index (χ2n) is 10.2. The van der Waals surface area contributed by atoms with Gasteiger partial charge >= 0.3 is 0 Å². The van der Waals surface area contributed by atoms with Gasteiger partial charge in [-0.3, -0.25) is 0 Å². The van der Waals surface area contributed by atoms with Gasteiger partial charge in [-0.25, -0.2) is 0 Å². The molecule has 0 fully saturated rings. The minimum atomic E-state index is -0.0677. The van der Waals surface area contributed by atoms with E-state index in [1.165, 1.54) is 76.7 Å². The first-order chi connectivity index (χ1) is 16.1. The third kappa shape index (κ3) is 1.88. The fourth-order valence-electron chi connectivity index (χ4n) is 6.84. The number of hydrogen-bond donors (Lipinski definition) is 0. The Morgan fingerprint density at radius 1 is 0.636 bits per heavy atom. The molecule has 1 nitrogen and oxygen atoms in total. The van der Waals surface area contributed by atoms with Crippen molar-refractivity contribution < 1.29 is 0 Å². The molecule has 0 saturated carbocycles. The highest BCUT2D eigenvalue weighted by atomic mass is 14.9. The molecule has 0 aliphatic heterocycles. The summed E-state index contributed by atoms with van der Waals surface area (Å²) >= 11 is 0. The van der Waals surface area contributed by atoms with Gasteiger partial charge in [-0.1, -0.05) is 80.6 Å². The highest BCUT2D eigenvalue weighted by Gasteiger charge is 2.40. The smallest absolute Gasteiger partial charge is 0.0624 e. The van der Waals surface area contributed by atoms with E-state index < -0.39 is 0 Å². The van der Waals surface area contributed by atoms with Crippen LogP contribution in [-0.4, -0.2) is 4.40 Å². The van der Waals surface area contributed by atoms with Gasteiger partial charge in [0.25, 0.3) is 0 Å². The van der Waals surface area contributed by atoms with Crippen LogP contribution in [0.15, 0.2) is 84.9 Å². The summed E-state index contributed by atoms with van der Waals surface area (Å²) < 4.78 is 2.50. The molecule has 1 aliphatic rings. The van der Waals surface area contributed by atoms with E-state index in [-0.39, 0.29) is 5.41 Å². The third-order valence-electron chi connectivity index (χ3n) is 8.19. The maximum Gasteiger partial charge on any atom is 0.0624 e. The number of para-hydroxylation sites is 2. The van der Waals surface area contributed by atoms with Crippen molar-refractivity contribution in [2.75, 3.05) is 0 Å². The number of fused-ring (bicyclic) bond motifs is 12. The van der Waals surface area contributed by atoms with Gasteiger partial charge in [0.15, 0.2) is 0 Å². The number of nitrogens with zero attached hydrogens (tertiary/aromatic N) is 1. The summed E-state index contributed by atoms with van der Waals surface area (Å²) in [6, 6.07) is 31.7. The number of hydrogen-bond acceptors (Lipinski definition) is 0.